The maximum atomic E-state index is 10.8. The smallest absolute Gasteiger partial charge is 0.243 e. The van der Waals surface area contributed by atoms with Crippen LogP contribution in [0.4, 0.5) is 5.82 Å². The largest absolute Gasteiger partial charge is 0.368 e. The molecule has 1 saturated heterocycles. The summed E-state index contributed by atoms with van der Waals surface area (Å²) in [4.78, 5) is 25.0. The first-order chi connectivity index (χ1) is 10.7. The Labute approximate surface area is 128 Å². The summed E-state index contributed by atoms with van der Waals surface area (Å²) in [5.74, 6) is 0.566. The van der Waals surface area contributed by atoms with Crippen LogP contribution >= 0.6 is 0 Å². The highest BCUT2D eigenvalue weighted by Crippen LogP contribution is 2.29. The second-order valence-electron chi connectivity index (χ2n) is 5.55. The molecule has 0 saturated carbocycles. The summed E-state index contributed by atoms with van der Waals surface area (Å²) < 4.78 is 5.51. The standard InChI is InChI=1S/C15H21N5O2/c1-2-10-7-17-14-13(10)15(19-9-18-14)20-5-3-11(4-6-20)22-8-12(16)21/h7,9,11H,2-6,8H2,1H3,(H2,16,21)(H,17,18,19). The molecule has 3 heterocycles. The lowest BCUT2D eigenvalue weighted by molar-refractivity contribution is -0.124. The fraction of sp³-hybridized carbons (Fsp3) is 0.533. The first-order valence-electron chi connectivity index (χ1n) is 7.64. The Morgan fingerprint density at radius 2 is 2.23 bits per heavy atom. The lowest BCUT2D eigenvalue weighted by atomic mass is 10.1. The number of ether oxygens (including phenoxy) is 1. The van der Waals surface area contributed by atoms with Crippen molar-refractivity contribution >= 4 is 22.8 Å². The van der Waals surface area contributed by atoms with E-state index < -0.39 is 5.91 Å². The summed E-state index contributed by atoms with van der Waals surface area (Å²) in [6.45, 7) is 3.83. The molecule has 0 aliphatic carbocycles. The molecule has 0 aromatic carbocycles. The molecule has 0 bridgehead atoms. The number of carbonyl (C=O) groups excluding carboxylic acids is 1. The number of aryl methyl sites for hydroxylation is 1. The van der Waals surface area contributed by atoms with Gasteiger partial charge in [0.1, 0.15) is 24.4 Å². The number of hydrogen-bond acceptors (Lipinski definition) is 5. The fourth-order valence-electron chi connectivity index (χ4n) is 2.96. The van der Waals surface area contributed by atoms with Crippen molar-refractivity contribution < 1.29 is 9.53 Å². The molecule has 7 heteroatoms. The van der Waals surface area contributed by atoms with Crippen LogP contribution in [0.15, 0.2) is 12.5 Å². The van der Waals surface area contributed by atoms with Crippen LogP contribution in [0.1, 0.15) is 25.3 Å². The van der Waals surface area contributed by atoms with Gasteiger partial charge in [0, 0.05) is 19.3 Å². The van der Waals surface area contributed by atoms with Gasteiger partial charge in [0.05, 0.1) is 11.5 Å². The van der Waals surface area contributed by atoms with E-state index >= 15 is 0 Å². The maximum absolute atomic E-state index is 10.8. The van der Waals surface area contributed by atoms with Crippen molar-refractivity contribution in [1.82, 2.24) is 15.0 Å². The van der Waals surface area contributed by atoms with Gasteiger partial charge in [0.15, 0.2) is 0 Å². The zero-order chi connectivity index (χ0) is 15.5. The van der Waals surface area contributed by atoms with E-state index in [1.165, 1.54) is 5.56 Å². The molecule has 7 nitrogen and oxygen atoms in total. The zero-order valence-electron chi connectivity index (χ0n) is 12.7. The molecule has 0 unspecified atom stereocenters. The molecule has 1 aliphatic heterocycles. The molecule has 2 aromatic heterocycles. The van der Waals surface area contributed by atoms with E-state index in [1.54, 1.807) is 6.33 Å². The number of nitrogens with one attached hydrogen (secondary N) is 1. The highest BCUT2D eigenvalue weighted by Gasteiger charge is 2.23. The van der Waals surface area contributed by atoms with Gasteiger partial charge in [-0.15, -0.1) is 0 Å². The minimum Gasteiger partial charge on any atom is -0.368 e. The molecule has 0 atom stereocenters. The number of carbonyl (C=O) groups is 1. The second kappa shape index (κ2) is 6.31. The summed E-state index contributed by atoms with van der Waals surface area (Å²) in [7, 11) is 0. The first-order valence-corrected chi connectivity index (χ1v) is 7.64. The molecule has 0 spiro atoms. The number of primary amides is 1. The summed E-state index contributed by atoms with van der Waals surface area (Å²) in [5.41, 5.74) is 7.23. The van der Waals surface area contributed by atoms with Gasteiger partial charge in [-0.25, -0.2) is 9.97 Å². The van der Waals surface area contributed by atoms with Gasteiger partial charge in [-0.1, -0.05) is 6.92 Å². The maximum Gasteiger partial charge on any atom is 0.243 e. The molecule has 3 rings (SSSR count). The van der Waals surface area contributed by atoms with Crippen LogP contribution in [0.2, 0.25) is 0 Å². The number of fused-ring (bicyclic) bond motifs is 1. The van der Waals surface area contributed by atoms with Crippen LogP contribution in [-0.4, -0.2) is 46.7 Å². The Morgan fingerprint density at radius 1 is 1.45 bits per heavy atom. The van der Waals surface area contributed by atoms with Crippen LogP contribution < -0.4 is 10.6 Å². The minimum atomic E-state index is -0.417. The number of amides is 1. The third kappa shape index (κ3) is 2.89. The third-order valence-electron chi connectivity index (χ3n) is 4.12. The van der Waals surface area contributed by atoms with Crippen molar-refractivity contribution in [2.45, 2.75) is 32.3 Å². The van der Waals surface area contributed by atoms with Gasteiger partial charge in [-0.3, -0.25) is 4.79 Å². The van der Waals surface area contributed by atoms with Gasteiger partial charge >= 0.3 is 0 Å². The summed E-state index contributed by atoms with van der Waals surface area (Å²) in [6.07, 6.45) is 6.38. The number of piperidine rings is 1. The van der Waals surface area contributed by atoms with Gasteiger partial charge < -0.3 is 20.4 Å². The number of hydrogen-bond donors (Lipinski definition) is 2. The Bertz CT molecular complexity index is 661. The Balaban J connectivity index is 1.74. The number of rotatable bonds is 5. The van der Waals surface area contributed by atoms with Crippen LogP contribution in [0.3, 0.4) is 0 Å². The lowest BCUT2D eigenvalue weighted by Gasteiger charge is -2.32. The van der Waals surface area contributed by atoms with Crippen molar-refractivity contribution in [3.63, 3.8) is 0 Å². The topological polar surface area (TPSA) is 97.1 Å². The SMILES string of the molecule is CCc1c[nH]c2ncnc(N3CCC(OCC(N)=O)CC3)c12. The van der Waals surface area contributed by atoms with Crippen LogP contribution in [0, 0.1) is 0 Å². The molecule has 1 fully saturated rings. The van der Waals surface area contributed by atoms with Gasteiger partial charge in [0.2, 0.25) is 5.91 Å². The van der Waals surface area contributed by atoms with Crippen LogP contribution in [0.5, 0.6) is 0 Å². The number of nitrogens with zero attached hydrogens (tertiary/aromatic N) is 3. The first kappa shape index (κ1) is 14.8. The predicted molar refractivity (Wildman–Crippen MR) is 83.6 cm³/mol. The van der Waals surface area contributed by atoms with Crippen molar-refractivity contribution in [2.24, 2.45) is 5.73 Å². The Morgan fingerprint density at radius 3 is 2.91 bits per heavy atom. The number of aromatic nitrogens is 3. The van der Waals surface area contributed by atoms with E-state index in [0.717, 1.165) is 49.2 Å². The lowest BCUT2D eigenvalue weighted by Crippen LogP contribution is -2.38. The molecule has 118 valence electrons. The third-order valence-corrected chi connectivity index (χ3v) is 4.12. The zero-order valence-corrected chi connectivity index (χ0v) is 12.7. The van der Waals surface area contributed by atoms with Crippen molar-refractivity contribution in [1.29, 1.82) is 0 Å². The molecule has 1 aliphatic rings. The quantitative estimate of drug-likeness (QED) is 0.858. The summed E-state index contributed by atoms with van der Waals surface area (Å²) >= 11 is 0. The van der Waals surface area contributed by atoms with Crippen LogP contribution in [-0.2, 0) is 16.0 Å². The van der Waals surface area contributed by atoms with Crippen molar-refractivity contribution in [2.75, 3.05) is 24.6 Å². The second-order valence-corrected chi connectivity index (χ2v) is 5.55. The van der Waals surface area contributed by atoms with E-state index in [0.29, 0.717) is 0 Å². The molecule has 1 amide bonds. The number of nitrogens with two attached hydrogens (primary N) is 1. The summed E-state index contributed by atoms with van der Waals surface area (Å²) in [6, 6.07) is 0. The normalized spacial score (nSPS) is 16.3. The molecule has 3 N–H and O–H groups in total. The number of H-pyrrole nitrogens is 1. The van der Waals surface area contributed by atoms with Gasteiger partial charge in [-0.05, 0) is 24.8 Å². The van der Waals surface area contributed by atoms with Crippen LogP contribution in [0.25, 0.3) is 11.0 Å². The Kier molecular flexibility index (Phi) is 4.24. The van der Waals surface area contributed by atoms with Crippen molar-refractivity contribution in [3.05, 3.63) is 18.1 Å². The molecular weight excluding hydrogens is 282 g/mol. The molecule has 22 heavy (non-hydrogen) atoms. The molecule has 0 radical (unpaired) electrons. The monoisotopic (exact) mass is 303 g/mol. The number of anilines is 1. The Hall–Kier alpha value is -2.15. The average molecular weight is 303 g/mol. The van der Waals surface area contributed by atoms with E-state index in [2.05, 4.69) is 26.8 Å². The van der Waals surface area contributed by atoms with E-state index in [1.807, 2.05) is 6.20 Å². The minimum absolute atomic E-state index is 0.000211. The van der Waals surface area contributed by atoms with Gasteiger partial charge in [-0.2, -0.15) is 0 Å². The number of aromatic amines is 1. The predicted octanol–water partition coefficient (Wildman–Crippen LogP) is 0.991. The highest BCUT2D eigenvalue weighted by molar-refractivity contribution is 5.90. The van der Waals surface area contributed by atoms with E-state index in [-0.39, 0.29) is 12.7 Å². The van der Waals surface area contributed by atoms with Gasteiger partial charge in [0.25, 0.3) is 0 Å². The average Bonchev–Trinajstić information content (AvgIpc) is 2.96. The summed E-state index contributed by atoms with van der Waals surface area (Å²) in [5, 5.41) is 1.11. The fourth-order valence-corrected chi connectivity index (χ4v) is 2.96. The van der Waals surface area contributed by atoms with E-state index in [9.17, 15) is 4.79 Å². The van der Waals surface area contributed by atoms with E-state index in [4.69, 9.17) is 10.5 Å². The van der Waals surface area contributed by atoms with Crippen molar-refractivity contribution in [3.8, 4) is 0 Å². The molecule has 2 aromatic rings. The molecular formula is C15H21N5O2. The highest BCUT2D eigenvalue weighted by atomic mass is 16.5.